The van der Waals surface area contributed by atoms with Crippen LogP contribution in [0.1, 0.15) is 19.8 Å². The third kappa shape index (κ3) is 3.76. The molecule has 0 aliphatic carbocycles. The van der Waals surface area contributed by atoms with Gasteiger partial charge in [-0.05, 0) is 19.8 Å². The molecule has 0 aromatic carbocycles. The molecule has 0 saturated carbocycles. The first-order valence-corrected chi connectivity index (χ1v) is 8.01. The third-order valence-corrected chi connectivity index (χ3v) is 4.44. The molecule has 1 aromatic heterocycles. The van der Waals surface area contributed by atoms with Gasteiger partial charge in [-0.1, -0.05) is 0 Å². The molecule has 7 nitrogen and oxygen atoms in total. The van der Waals surface area contributed by atoms with Crippen LogP contribution in [0.25, 0.3) is 0 Å². The van der Waals surface area contributed by atoms with Gasteiger partial charge >= 0.3 is 0 Å². The molecule has 1 aliphatic heterocycles. The Morgan fingerprint density at radius 1 is 1.37 bits per heavy atom. The van der Waals surface area contributed by atoms with E-state index in [2.05, 4.69) is 25.2 Å². The second-order valence-corrected chi connectivity index (χ2v) is 6.50. The molecule has 3 N–H and O–H groups in total. The van der Waals surface area contributed by atoms with Gasteiger partial charge < -0.3 is 16.0 Å². The average molecular weight is 284 g/mol. The lowest BCUT2D eigenvalue weighted by atomic mass is 10.4. The predicted molar refractivity (Wildman–Crippen MR) is 77.7 cm³/mol. The zero-order chi connectivity index (χ0) is 13.8. The number of aromatic nitrogens is 3. The van der Waals surface area contributed by atoms with Crippen LogP contribution in [0, 0.1) is 0 Å². The van der Waals surface area contributed by atoms with E-state index < -0.39 is 10.8 Å². The van der Waals surface area contributed by atoms with Gasteiger partial charge in [0.1, 0.15) is 0 Å². The van der Waals surface area contributed by atoms with Gasteiger partial charge in [0, 0.05) is 41.9 Å². The van der Waals surface area contributed by atoms with Crippen molar-refractivity contribution in [2.75, 3.05) is 41.8 Å². The number of nitrogens with one attached hydrogen (secondary N) is 1. The highest BCUT2D eigenvalue weighted by Crippen LogP contribution is 2.17. The molecule has 2 heterocycles. The molecule has 0 spiro atoms. The van der Waals surface area contributed by atoms with Crippen LogP contribution >= 0.6 is 0 Å². The SMILES string of the molecule is CC(CNc1nc(N)nc(N2CCCC2)n1)S(C)=O. The second kappa shape index (κ2) is 6.14. The summed E-state index contributed by atoms with van der Waals surface area (Å²) in [6.07, 6.45) is 3.99. The molecule has 0 bridgehead atoms. The predicted octanol–water partition coefficient (Wildman–Crippen LogP) is 0.233. The summed E-state index contributed by atoms with van der Waals surface area (Å²) in [4.78, 5) is 14.7. The summed E-state index contributed by atoms with van der Waals surface area (Å²) in [7, 11) is -0.872. The number of nitrogen functional groups attached to an aromatic ring is 1. The molecular formula is C11H20N6OS. The maximum atomic E-state index is 11.3. The van der Waals surface area contributed by atoms with Crippen molar-refractivity contribution in [1.29, 1.82) is 0 Å². The second-order valence-electron chi connectivity index (χ2n) is 4.70. The molecule has 106 valence electrons. The van der Waals surface area contributed by atoms with Crippen LogP contribution in [0.3, 0.4) is 0 Å². The fourth-order valence-corrected chi connectivity index (χ4v) is 2.19. The fraction of sp³-hybridized carbons (Fsp3) is 0.727. The van der Waals surface area contributed by atoms with Gasteiger partial charge in [0.25, 0.3) is 0 Å². The molecule has 0 radical (unpaired) electrons. The van der Waals surface area contributed by atoms with Crippen LogP contribution in [0.15, 0.2) is 0 Å². The number of hydrogen-bond donors (Lipinski definition) is 2. The molecule has 1 fully saturated rings. The molecular weight excluding hydrogens is 264 g/mol. The lowest BCUT2D eigenvalue weighted by molar-refractivity contribution is 0.678. The zero-order valence-electron chi connectivity index (χ0n) is 11.3. The Balaban J connectivity index is 2.06. The Bertz CT molecular complexity index is 462. The summed E-state index contributed by atoms with van der Waals surface area (Å²) in [5.41, 5.74) is 5.70. The molecule has 1 aromatic rings. The minimum absolute atomic E-state index is 0.0354. The Morgan fingerprint density at radius 3 is 2.68 bits per heavy atom. The van der Waals surface area contributed by atoms with E-state index in [-0.39, 0.29) is 11.2 Å². The van der Waals surface area contributed by atoms with E-state index in [0.717, 1.165) is 25.9 Å². The van der Waals surface area contributed by atoms with Crippen molar-refractivity contribution in [2.24, 2.45) is 0 Å². The Kier molecular flexibility index (Phi) is 4.52. The summed E-state index contributed by atoms with van der Waals surface area (Å²) in [5, 5.41) is 3.10. The van der Waals surface area contributed by atoms with E-state index in [9.17, 15) is 4.21 Å². The number of hydrogen-bond acceptors (Lipinski definition) is 7. The van der Waals surface area contributed by atoms with E-state index in [1.54, 1.807) is 6.26 Å². The van der Waals surface area contributed by atoms with Gasteiger partial charge in [-0.2, -0.15) is 15.0 Å². The van der Waals surface area contributed by atoms with Crippen molar-refractivity contribution in [2.45, 2.75) is 25.0 Å². The van der Waals surface area contributed by atoms with Crippen LogP contribution in [-0.2, 0) is 10.8 Å². The lowest BCUT2D eigenvalue weighted by Gasteiger charge is -2.16. The van der Waals surface area contributed by atoms with Gasteiger partial charge in [0.15, 0.2) is 0 Å². The minimum Gasteiger partial charge on any atom is -0.368 e. The highest BCUT2D eigenvalue weighted by atomic mass is 32.2. The summed E-state index contributed by atoms with van der Waals surface area (Å²) < 4.78 is 11.3. The van der Waals surface area contributed by atoms with Gasteiger partial charge in [-0.3, -0.25) is 4.21 Å². The van der Waals surface area contributed by atoms with E-state index in [1.807, 2.05) is 6.92 Å². The molecule has 2 atom stereocenters. The quantitative estimate of drug-likeness (QED) is 0.799. The van der Waals surface area contributed by atoms with Crippen molar-refractivity contribution in [1.82, 2.24) is 15.0 Å². The van der Waals surface area contributed by atoms with E-state index in [4.69, 9.17) is 5.73 Å². The first-order valence-electron chi connectivity index (χ1n) is 6.39. The van der Waals surface area contributed by atoms with Crippen molar-refractivity contribution < 1.29 is 4.21 Å². The zero-order valence-corrected chi connectivity index (χ0v) is 12.1. The molecule has 2 rings (SSSR count). The Labute approximate surface area is 115 Å². The number of nitrogens with two attached hydrogens (primary N) is 1. The molecule has 0 amide bonds. The first kappa shape index (κ1) is 14.0. The fourth-order valence-electron chi connectivity index (χ4n) is 1.87. The molecule has 19 heavy (non-hydrogen) atoms. The topological polar surface area (TPSA) is 97.0 Å². The molecule has 1 saturated heterocycles. The van der Waals surface area contributed by atoms with Crippen LogP contribution < -0.4 is 16.0 Å². The highest BCUT2D eigenvalue weighted by molar-refractivity contribution is 7.84. The van der Waals surface area contributed by atoms with Gasteiger partial charge in [-0.25, -0.2) is 0 Å². The third-order valence-electron chi connectivity index (χ3n) is 3.14. The number of nitrogens with zero attached hydrogens (tertiary/aromatic N) is 4. The average Bonchev–Trinajstić information content (AvgIpc) is 2.89. The highest BCUT2D eigenvalue weighted by Gasteiger charge is 2.17. The van der Waals surface area contributed by atoms with Crippen LogP contribution in [-0.4, -0.2) is 50.3 Å². The summed E-state index contributed by atoms with van der Waals surface area (Å²) >= 11 is 0. The standard InChI is InChI=1S/C11H20N6OS/c1-8(19(2)18)7-13-10-14-9(12)15-11(16-10)17-5-3-4-6-17/h8H,3-7H2,1-2H3,(H3,12,13,14,15,16). The maximum Gasteiger partial charge on any atom is 0.231 e. The number of rotatable bonds is 5. The smallest absolute Gasteiger partial charge is 0.231 e. The Hall–Kier alpha value is -1.44. The molecule has 1 aliphatic rings. The lowest BCUT2D eigenvalue weighted by Crippen LogP contribution is -2.24. The van der Waals surface area contributed by atoms with Gasteiger partial charge in [0.05, 0.1) is 0 Å². The van der Waals surface area contributed by atoms with E-state index in [1.165, 1.54) is 0 Å². The van der Waals surface area contributed by atoms with Crippen LogP contribution in [0.5, 0.6) is 0 Å². The van der Waals surface area contributed by atoms with Crippen molar-refractivity contribution in [3.8, 4) is 0 Å². The van der Waals surface area contributed by atoms with Crippen molar-refractivity contribution in [3.63, 3.8) is 0 Å². The largest absolute Gasteiger partial charge is 0.368 e. The number of anilines is 3. The minimum atomic E-state index is -0.872. The summed E-state index contributed by atoms with van der Waals surface area (Å²) in [6, 6.07) is 0. The van der Waals surface area contributed by atoms with Crippen molar-refractivity contribution in [3.05, 3.63) is 0 Å². The van der Waals surface area contributed by atoms with Gasteiger partial charge in [-0.15, -0.1) is 0 Å². The Morgan fingerprint density at radius 2 is 2.05 bits per heavy atom. The van der Waals surface area contributed by atoms with Crippen LogP contribution in [0.2, 0.25) is 0 Å². The maximum absolute atomic E-state index is 11.3. The summed E-state index contributed by atoms with van der Waals surface area (Å²) in [5.74, 6) is 1.29. The van der Waals surface area contributed by atoms with E-state index >= 15 is 0 Å². The molecule has 2 unspecified atom stereocenters. The van der Waals surface area contributed by atoms with E-state index in [0.29, 0.717) is 18.4 Å². The van der Waals surface area contributed by atoms with Crippen LogP contribution in [0.4, 0.5) is 17.8 Å². The van der Waals surface area contributed by atoms with Gasteiger partial charge in [0.2, 0.25) is 17.8 Å². The summed E-state index contributed by atoms with van der Waals surface area (Å²) in [6.45, 7) is 4.37. The van der Waals surface area contributed by atoms with Crippen molar-refractivity contribution >= 4 is 28.6 Å². The molecule has 8 heteroatoms. The first-order chi connectivity index (χ1) is 9.06. The monoisotopic (exact) mass is 284 g/mol. The normalized spacial score (nSPS) is 18.3.